The number of rotatable bonds is 3. The average Bonchev–Trinajstić information content (AvgIpc) is 2.47. The zero-order chi connectivity index (χ0) is 15.0. The molecule has 0 aliphatic carbocycles. The maximum absolute atomic E-state index is 5.99. The fourth-order valence-corrected chi connectivity index (χ4v) is 2.69. The fraction of sp³-hybridized carbons (Fsp3) is 0.294. The van der Waals surface area contributed by atoms with E-state index in [0.29, 0.717) is 5.69 Å². The van der Waals surface area contributed by atoms with Crippen molar-refractivity contribution in [1.82, 2.24) is 4.98 Å². The second-order valence-electron chi connectivity index (χ2n) is 5.22. The summed E-state index contributed by atoms with van der Waals surface area (Å²) in [6.45, 7) is 8.36. The third-order valence-corrected chi connectivity index (χ3v) is 3.83. The van der Waals surface area contributed by atoms with Crippen molar-refractivity contribution < 1.29 is 16.8 Å². The fourth-order valence-electron chi connectivity index (χ4n) is 2.69. The second-order valence-corrected chi connectivity index (χ2v) is 5.22. The molecule has 0 radical (unpaired) electrons. The summed E-state index contributed by atoms with van der Waals surface area (Å²) in [6.07, 6.45) is 0. The van der Waals surface area contributed by atoms with Crippen molar-refractivity contribution in [3.05, 3.63) is 35.9 Å². The number of nitrogen functional groups attached to an aromatic ring is 1. The van der Waals surface area contributed by atoms with Gasteiger partial charge in [0, 0.05) is 24.5 Å². The van der Waals surface area contributed by atoms with Gasteiger partial charge in [0.25, 0.3) is 0 Å². The maximum Gasteiger partial charge on any atom is 0.381 e. The van der Waals surface area contributed by atoms with Gasteiger partial charge in [-0.1, -0.05) is 0 Å². The molecule has 0 atom stereocenters. The minimum absolute atomic E-state index is 0. The van der Waals surface area contributed by atoms with E-state index in [0.717, 1.165) is 35.3 Å². The van der Waals surface area contributed by atoms with Crippen molar-refractivity contribution in [1.29, 1.82) is 0 Å². The lowest BCUT2D eigenvalue weighted by Crippen LogP contribution is -3.00. The zero-order valence-electron chi connectivity index (χ0n) is 13.1. The predicted molar refractivity (Wildman–Crippen MR) is 88.6 cm³/mol. The average molecular weight is 318 g/mol. The molecule has 0 aliphatic rings. The number of aromatic nitrogens is 1. The number of anilines is 2. The molecule has 2 N–H and O–H groups in total. The first-order valence-corrected chi connectivity index (χ1v) is 7.31. The highest BCUT2D eigenvalue weighted by Crippen LogP contribution is 2.28. The molecule has 0 spiro atoms. The molecule has 0 saturated heterocycles. The molecule has 22 heavy (non-hydrogen) atoms. The quantitative estimate of drug-likeness (QED) is 0.445. The number of hydrogen-bond acceptors (Lipinski definition) is 3. The summed E-state index contributed by atoms with van der Waals surface area (Å²) < 4.78 is 5.99. The Balaban J connectivity index is 0.00000176. The Bertz CT molecular complexity index is 816. The summed E-state index contributed by atoms with van der Waals surface area (Å²) in [4.78, 5) is 6.98. The highest BCUT2D eigenvalue weighted by Gasteiger charge is 2.17. The highest BCUT2D eigenvalue weighted by atomic mass is 35.5. The Morgan fingerprint density at radius 3 is 2.41 bits per heavy atom. The van der Waals surface area contributed by atoms with Crippen LogP contribution in [0.1, 0.15) is 19.4 Å². The van der Waals surface area contributed by atoms with Crippen LogP contribution in [0.25, 0.3) is 22.2 Å². The van der Waals surface area contributed by atoms with Gasteiger partial charge in [-0.2, -0.15) is 0 Å². The lowest BCUT2D eigenvalue weighted by atomic mass is 10.1. The topological polar surface area (TPSA) is 53.5 Å². The van der Waals surface area contributed by atoms with E-state index in [4.69, 9.17) is 10.2 Å². The van der Waals surface area contributed by atoms with E-state index in [2.05, 4.69) is 42.8 Å². The second kappa shape index (κ2) is 6.36. The van der Waals surface area contributed by atoms with Gasteiger partial charge in [0.2, 0.25) is 0 Å². The number of aryl methyl sites for hydroxylation is 1. The Hall–Kier alpha value is -2.07. The van der Waals surface area contributed by atoms with Gasteiger partial charge in [-0.25, -0.2) is 9.40 Å². The first-order valence-electron chi connectivity index (χ1n) is 7.31. The number of fused-ring (bicyclic) bond motifs is 2. The van der Waals surface area contributed by atoms with Gasteiger partial charge >= 0.3 is 11.2 Å². The third-order valence-electron chi connectivity index (χ3n) is 3.83. The van der Waals surface area contributed by atoms with Gasteiger partial charge in [0.05, 0.1) is 12.1 Å². The van der Waals surface area contributed by atoms with Crippen LogP contribution in [0.4, 0.5) is 11.4 Å². The molecular formula is C17H20ClN3O. The lowest BCUT2D eigenvalue weighted by Gasteiger charge is -2.22. The molecule has 3 rings (SSSR count). The molecule has 3 aromatic rings. The molecule has 116 valence electrons. The van der Waals surface area contributed by atoms with Crippen molar-refractivity contribution >= 4 is 33.6 Å². The minimum Gasteiger partial charge on any atom is -1.00 e. The summed E-state index contributed by atoms with van der Waals surface area (Å²) in [7, 11) is 0. The Labute approximate surface area is 136 Å². The van der Waals surface area contributed by atoms with Gasteiger partial charge in [0.1, 0.15) is 0 Å². The molecule has 0 unspecified atom stereocenters. The van der Waals surface area contributed by atoms with Crippen molar-refractivity contribution in [3.63, 3.8) is 0 Å². The van der Waals surface area contributed by atoms with Crippen molar-refractivity contribution in [2.75, 3.05) is 23.7 Å². The van der Waals surface area contributed by atoms with Gasteiger partial charge in [-0.05, 0) is 44.5 Å². The van der Waals surface area contributed by atoms with E-state index in [9.17, 15) is 0 Å². The van der Waals surface area contributed by atoms with Gasteiger partial charge in [-0.15, -0.1) is 0 Å². The monoisotopic (exact) mass is 317 g/mol. The van der Waals surface area contributed by atoms with Crippen LogP contribution in [0.3, 0.4) is 0 Å². The maximum atomic E-state index is 5.99. The van der Waals surface area contributed by atoms with Crippen LogP contribution in [0.5, 0.6) is 0 Å². The standard InChI is InChI=1S/C17H20N3O.ClH/c1-4-20(5-2)15-10-17-14(8-11(15)3)19-13-7-6-12(18)9-16(13)21-17;/h6-10H,4-5,18H2,1-3H3;1H/q+1;/p-1. The van der Waals surface area contributed by atoms with E-state index >= 15 is 0 Å². The zero-order valence-corrected chi connectivity index (χ0v) is 13.8. The number of benzene rings is 2. The highest BCUT2D eigenvalue weighted by molar-refractivity contribution is 5.87. The first-order chi connectivity index (χ1) is 10.1. The number of halogens is 1. The van der Waals surface area contributed by atoms with Crippen LogP contribution in [0.2, 0.25) is 0 Å². The van der Waals surface area contributed by atoms with Gasteiger partial charge < -0.3 is 23.0 Å². The molecule has 0 aliphatic heterocycles. The Morgan fingerprint density at radius 1 is 1.05 bits per heavy atom. The molecule has 0 amide bonds. The number of nitrogens with zero attached hydrogens (tertiary/aromatic N) is 2. The molecule has 0 fully saturated rings. The normalized spacial score (nSPS) is 10.7. The van der Waals surface area contributed by atoms with E-state index in [1.165, 1.54) is 11.3 Å². The van der Waals surface area contributed by atoms with Crippen LogP contribution >= 0.6 is 0 Å². The smallest absolute Gasteiger partial charge is 0.381 e. The molecule has 2 aromatic carbocycles. The molecule has 5 heteroatoms. The number of hydrogen-bond donors (Lipinski definition) is 1. The predicted octanol–water partition coefficient (Wildman–Crippen LogP) is 1.00. The summed E-state index contributed by atoms with van der Waals surface area (Å²) in [5.41, 5.74) is 12.1. The van der Waals surface area contributed by atoms with Crippen LogP contribution < -0.4 is 23.0 Å². The largest absolute Gasteiger partial charge is 1.00 e. The van der Waals surface area contributed by atoms with E-state index < -0.39 is 0 Å². The summed E-state index contributed by atoms with van der Waals surface area (Å²) in [5.74, 6) is 0. The SMILES string of the molecule is CCN(CC)c1cc2[o+]c3cc(N)ccc3nc2cc1C.[Cl-]. The molecular weight excluding hydrogens is 298 g/mol. The van der Waals surface area contributed by atoms with Crippen molar-refractivity contribution in [2.45, 2.75) is 20.8 Å². The third kappa shape index (κ3) is 2.79. The van der Waals surface area contributed by atoms with Crippen LogP contribution in [-0.2, 0) is 0 Å². The van der Waals surface area contributed by atoms with E-state index in [1.807, 2.05) is 18.2 Å². The van der Waals surface area contributed by atoms with Crippen molar-refractivity contribution in [3.8, 4) is 0 Å². The summed E-state index contributed by atoms with van der Waals surface area (Å²) in [6, 6.07) is 9.71. The van der Waals surface area contributed by atoms with Gasteiger partial charge in [-0.3, -0.25) is 0 Å². The van der Waals surface area contributed by atoms with E-state index in [1.54, 1.807) is 0 Å². The van der Waals surface area contributed by atoms with Crippen LogP contribution in [0, 0.1) is 6.92 Å². The Morgan fingerprint density at radius 2 is 1.73 bits per heavy atom. The molecule has 4 nitrogen and oxygen atoms in total. The lowest BCUT2D eigenvalue weighted by molar-refractivity contribution is -0.00000493. The van der Waals surface area contributed by atoms with Gasteiger partial charge in [0.15, 0.2) is 11.0 Å². The summed E-state index contributed by atoms with van der Waals surface area (Å²) >= 11 is 0. The molecule has 1 aromatic heterocycles. The molecule has 1 heterocycles. The van der Waals surface area contributed by atoms with Crippen LogP contribution in [-0.4, -0.2) is 18.1 Å². The first kappa shape index (κ1) is 16.3. The number of nitrogens with two attached hydrogens (primary N) is 1. The molecule has 0 bridgehead atoms. The molecule has 0 saturated carbocycles. The Kier molecular flexibility index (Phi) is 4.71. The van der Waals surface area contributed by atoms with Crippen LogP contribution in [0.15, 0.2) is 34.7 Å². The minimum atomic E-state index is 0. The van der Waals surface area contributed by atoms with E-state index in [-0.39, 0.29) is 12.4 Å². The summed E-state index contributed by atoms with van der Waals surface area (Å²) in [5, 5.41) is 0. The van der Waals surface area contributed by atoms with Crippen molar-refractivity contribution in [2.24, 2.45) is 0 Å².